The minimum absolute atomic E-state index is 0.135. The number of carbonyl (C=O) groups excluding carboxylic acids is 2. The number of anilines is 1. The Morgan fingerprint density at radius 2 is 1.94 bits per heavy atom. The van der Waals surface area contributed by atoms with Gasteiger partial charge in [0.25, 0.3) is 0 Å². The predicted molar refractivity (Wildman–Crippen MR) is 121 cm³/mol. The van der Waals surface area contributed by atoms with Crippen LogP contribution in [0.15, 0.2) is 50.7 Å². The summed E-state index contributed by atoms with van der Waals surface area (Å²) in [6.45, 7) is 1.75. The standard InChI is InChI=1S/C22H21N5O5S/c1-13(28)23-11-16-7-8-18(31-16)17-12-33-22(24-17)25-19(29)9-10-20-26-21(27-32-20)14-3-5-15(30-2)6-4-14/h3-8,12H,9-11H2,1-2H3,(H,23,28)(H,24,25,29). The van der Waals surface area contributed by atoms with Gasteiger partial charge in [0.1, 0.15) is 17.2 Å². The third-order valence-corrected chi connectivity index (χ3v) is 5.32. The molecule has 4 aromatic rings. The van der Waals surface area contributed by atoms with Crippen molar-refractivity contribution in [3.8, 4) is 28.6 Å². The number of thiazole rings is 1. The van der Waals surface area contributed by atoms with E-state index in [0.717, 1.165) is 11.3 Å². The molecule has 1 aromatic carbocycles. The smallest absolute Gasteiger partial charge is 0.227 e. The summed E-state index contributed by atoms with van der Waals surface area (Å²) in [4.78, 5) is 32.1. The van der Waals surface area contributed by atoms with Crippen molar-refractivity contribution in [2.75, 3.05) is 12.4 Å². The first kappa shape index (κ1) is 22.2. The van der Waals surface area contributed by atoms with Gasteiger partial charge in [0.15, 0.2) is 10.9 Å². The Bertz CT molecular complexity index is 1240. The van der Waals surface area contributed by atoms with E-state index in [-0.39, 0.29) is 18.2 Å². The fraction of sp³-hybridized carbons (Fsp3) is 0.227. The molecule has 10 nitrogen and oxygen atoms in total. The summed E-state index contributed by atoms with van der Waals surface area (Å²) in [7, 11) is 1.60. The highest BCUT2D eigenvalue weighted by molar-refractivity contribution is 7.14. The third kappa shape index (κ3) is 5.83. The third-order valence-electron chi connectivity index (χ3n) is 4.56. The van der Waals surface area contributed by atoms with Crippen molar-refractivity contribution in [1.29, 1.82) is 0 Å². The van der Waals surface area contributed by atoms with Crippen LogP contribution in [-0.2, 0) is 22.6 Å². The number of furan rings is 1. The van der Waals surface area contributed by atoms with Gasteiger partial charge in [-0.05, 0) is 36.4 Å². The molecule has 0 saturated heterocycles. The van der Waals surface area contributed by atoms with Crippen molar-refractivity contribution in [2.24, 2.45) is 0 Å². The molecule has 0 aliphatic heterocycles. The summed E-state index contributed by atoms with van der Waals surface area (Å²) in [5.41, 5.74) is 1.40. The maximum atomic E-state index is 12.3. The van der Waals surface area contributed by atoms with Crippen LogP contribution >= 0.6 is 11.3 Å². The summed E-state index contributed by atoms with van der Waals surface area (Å²) in [6.07, 6.45) is 0.471. The average molecular weight is 468 g/mol. The monoisotopic (exact) mass is 467 g/mol. The summed E-state index contributed by atoms with van der Waals surface area (Å²) in [5, 5.41) is 11.6. The second kappa shape index (κ2) is 10.1. The van der Waals surface area contributed by atoms with Gasteiger partial charge in [-0.25, -0.2) is 4.98 Å². The van der Waals surface area contributed by atoms with Gasteiger partial charge < -0.3 is 24.3 Å². The van der Waals surface area contributed by atoms with E-state index >= 15 is 0 Å². The SMILES string of the molecule is COc1ccc(-c2noc(CCC(=O)Nc3nc(-c4ccc(CNC(C)=O)o4)cs3)n2)cc1. The average Bonchev–Trinajstić information content (AvgIpc) is 3.57. The first-order valence-corrected chi connectivity index (χ1v) is 10.9. The number of aryl methyl sites for hydroxylation is 1. The second-order valence-corrected chi connectivity index (χ2v) is 7.86. The maximum absolute atomic E-state index is 12.3. The molecule has 0 unspecified atom stereocenters. The van der Waals surface area contributed by atoms with Gasteiger partial charge in [0.2, 0.25) is 23.5 Å². The fourth-order valence-electron chi connectivity index (χ4n) is 2.88. The number of hydrogen-bond acceptors (Lipinski definition) is 9. The number of ether oxygens (including phenoxy) is 1. The van der Waals surface area contributed by atoms with E-state index in [9.17, 15) is 9.59 Å². The molecule has 4 rings (SSSR count). The number of aromatic nitrogens is 3. The van der Waals surface area contributed by atoms with Crippen molar-refractivity contribution < 1.29 is 23.3 Å². The van der Waals surface area contributed by atoms with Crippen LogP contribution in [-0.4, -0.2) is 34.0 Å². The molecular weight excluding hydrogens is 446 g/mol. The highest BCUT2D eigenvalue weighted by Crippen LogP contribution is 2.27. The number of nitrogens with zero attached hydrogens (tertiary/aromatic N) is 3. The molecular formula is C22H21N5O5S. The second-order valence-electron chi connectivity index (χ2n) is 7.00. The minimum Gasteiger partial charge on any atom is -0.497 e. The molecule has 0 bridgehead atoms. The van der Waals surface area contributed by atoms with Crippen molar-refractivity contribution in [3.63, 3.8) is 0 Å². The number of carbonyl (C=O) groups is 2. The van der Waals surface area contributed by atoms with Crippen molar-refractivity contribution >= 4 is 28.3 Å². The number of amides is 2. The number of benzene rings is 1. The van der Waals surface area contributed by atoms with Crippen LogP contribution in [0.4, 0.5) is 5.13 Å². The quantitative estimate of drug-likeness (QED) is 0.381. The van der Waals surface area contributed by atoms with Crippen LogP contribution in [0.2, 0.25) is 0 Å². The van der Waals surface area contributed by atoms with Gasteiger partial charge in [-0.2, -0.15) is 4.98 Å². The van der Waals surface area contributed by atoms with Gasteiger partial charge in [-0.1, -0.05) is 5.16 Å². The highest BCUT2D eigenvalue weighted by atomic mass is 32.1. The van der Waals surface area contributed by atoms with Crippen LogP contribution < -0.4 is 15.4 Å². The Morgan fingerprint density at radius 1 is 1.12 bits per heavy atom. The Hall–Kier alpha value is -3.99. The van der Waals surface area contributed by atoms with Crippen LogP contribution in [0, 0.1) is 0 Å². The molecule has 2 N–H and O–H groups in total. The van der Waals surface area contributed by atoms with Gasteiger partial charge in [0, 0.05) is 30.7 Å². The van der Waals surface area contributed by atoms with E-state index in [1.807, 2.05) is 24.3 Å². The lowest BCUT2D eigenvalue weighted by Crippen LogP contribution is -2.18. The zero-order valence-corrected chi connectivity index (χ0v) is 18.8. The van der Waals surface area contributed by atoms with E-state index in [1.54, 1.807) is 24.6 Å². The van der Waals surface area contributed by atoms with Crippen LogP contribution in [0.1, 0.15) is 25.0 Å². The van der Waals surface area contributed by atoms with Crippen LogP contribution in [0.25, 0.3) is 22.8 Å². The zero-order chi connectivity index (χ0) is 23.2. The number of methoxy groups -OCH3 is 1. The van der Waals surface area contributed by atoms with Crippen LogP contribution in [0.5, 0.6) is 5.75 Å². The first-order chi connectivity index (χ1) is 16.0. The molecule has 0 radical (unpaired) electrons. The van der Waals surface area contributed by atoms with E-state index < -0.39 is 0 Å². The molecule has 0 spiro atoms. The number of rotatable bonds is 9. The number of nitrogens with one attached hydrogen (secondary N) is 2. The lowest BCUT2D eigenvalue weighted by atomic mass is 10.2. The number of hydrogen-bond donors (Lipinski definition) is 2. The van der Waals surface area contributed by atoms with Gasteiger partial charge in [-0.15, -0.1) is 11.3 Å². The molecule has 11 heteroatoms. The molecule has 33 heavy (non-hydrogen) atoms. The highest BCUT2D eigenvalue weighted by Gasteiger charge is 2.14. The Morgan fingerprint density at radius 3 is 2.70 bits per heavy atom. The van der Waals surface area contributed by atoms with E-state index in [1.165, 1.54) is 18.3 Å². The summed E-state index contributed by atoms with van der Waals surface area (Å²) >= 11 is 1.29. The minimum atomic E-state index is -0.217. The van der Waals surface area contributed by atoms with Gasteiger partial charge in [-0.3, -0.25) is 9.59 Å². The molecule has 0 aliphatic carbocycles. The van der Waals surface area contributed by atoms with E-state index in [0.29, 0.717) is 47.0 Å². The molecule has 0 atom stereocenters. The summed E-state index contributed by atoms with van der Waals surface area (Å²) < 4.78 is 16.1. The molecule has 0 saturated carbocycles. The molecule has 3 heterocycles. The summed E-state index contributed by atoms with van der Waals surface area (Å²) in [6, 6.07) is 10.8. The van der Waals surface area contributed by atoms with Crippen molar-refractivity contribution in [2.45, 2.75) is 26.3 Å². The van der Waals surface area contributed by atoms with Gasteiger partial charge >= 0.3 is 0 Å². The van der Waals surface area contributed by atoms with E-state index in [2.05, 4.69) is 25.8 Å². The van der Waals surface area contributed by atoms with Crippen LogP contribution in [0.3, 0.4) is 0 Å². The van der Waals surface area contributed by atoms with Crippen molar-refractivity contribution in [1.82, 2.24) is 20.4 Å². The molecule has 0 aliphatic rings. The molecule has 2 amide bonds. The predicted octanol–water partition coefficient (Wildman–Crippen LogP) is 3.67. The largest absolute Gasteiger partial charge is 0.497 e. The Kier molecular flexibility index (Phi) is 6.79. The lowest BCUT2D eigenvalue weighted by Gasteiger charge is -1.99. The fourth-order valence-corrected chi connectivity index (χ4v) is 3.60. The van der Waals surface area contributed by atoms with Gasteiger partial charge in [0.05, 0.1) is 13.7 Å². The Balaban J connectivity index is 1.29. The molecule has 3 aromatic heterocycles. The first-order valence-electron chi connectivity index (χ1n) is 10.1. The lowest BCUT2D eigenvalue weighted by molar-refractivity contribution is -0.119. The maximum Gasteiger partial charge on any atom is 0.227 e. The Labute approximate surface area is 193 Å². The van der Waals surface area contributed by atoms with Crippen molar-refractivity contribution in [3.05, 3.63) is 53.4 Å². The summed E-state index contributed by atoms with van der Waals surface area (Å²) in [5.74, 6) is 2.39. The molecule has 170 valence electrons. The normalized spacial score (nSPS) is 10.7. The zero-order valence-electron chi connectivity index (χ0n) is 18.0. The van der Waals surface area contributed by atoms with E-state index in [4.69, 9.17) is 13.7 Å². The molecule has 0 fully saturated rings. The topological polar surface area (TPSA) is 132 Å².